The Morgan fingerprint density at radius 3 is 2.72 bits per heavy atom. The number of rotatable bonds is 3. The van der Waals surface area contributed by atoms with Gasteiger partial charge in [-0.15, -0.1) is 0 Å². The third kappa shape index (κ3) is 2.14. The maximum atomic E-state index is 11.0. The first-order valence-electron chi connectivity index (χ1n) is 5.71. The molecule has 94 valence electrons. The van der Waals surface area contributed by atoms with Gasteiger partial charge in [0.25, 0.3) is 0 Å². The highest BCUT2D eigenvalue weighted by molar-refractivity contribution is 5.83. The van der Waals surface area contributed by atoms with Gasteiger partial charge in [-0.2, -0.15) is 0 Å². The Morgan fingerprint density at radius 2 is 2.11 bits per heavy atom. The van der Waals surface area contributed by atoms with E-state index >= 15 is 0 Å². The van der Waals surface area contributed by atoms with Crippen molar-refractivity contribution in [3.63, 3.8) is 0 Å². The molecule has 1 heterocycles. The maximum absolute atomic E-state index is 11.0. The Labute approximate surface area is 105 Å². The third-order valence-electron chi connectivity index (χ3n) is 3.04. The number of carbonyl (C=O) groups is 1. The molecule has 0 amide bonds. The summed E-state index contributed by atoms with van der Waals surface area (Å²) in [5, 5.41) is 10.0. The van der Waals surface area contributed by atoms with Crippen LogP contribution in [0.25, 0.3) is 10.9 Å². The van der Waals surface area contributed by atoms with E-state index < -0.39 is 11.9 Å². The number of aliphatic carboxylic acids is 1. The second kappa shape index (κ2) is 4.64. The Hall–Kier alpha value is -2.10. The largest absolute Gasteiger partial charge is 0.497 e. The summed E-state index contributed by atoms with van der Waals surface area (Å²) >= 11 is 0. The number of carboxylic acid groups (broad SMARTS) is 1. The lowest BCUT2D eigenvalue weighted by Crippen LogP contribution is -2.11. The number of hydrogen-bond acceptors (Lipinski definition) is 3. The lowest BCUT2D eigenvalue weighted by atomic mass is 10.0. The Balaban J connectivity index is 2.61. The van der Waals surface area contributed by atoms with Crippen molar-refractivity contribution in [1.29, 1.82) is 0 Å². The van der Waals surface area contributed by atoms with Gasteiger partial charge in [0.05, 0.1) is 24.2 Å². The first-order valence-corrected chi connectivity index (χ1v) is 5.71. The molecule has 0 aliphatic carbocycles. The molecule has 0 spiro atoms. The summed E-state index contributed by atoms with van der Waals surface area (Å²) in [6.07, 6.45) is 0. The number of carboxylic acids is 1. The molecule has 0 aliphatic rings. The molecule has 1 unspecified atom stereocenters. The zero-order valence-corrected chi connectivity index (χ0v) is 10.6. The van der Waals surface area contributed by atoms with Crippen molar-refractivity contribution in [2.45, 2.75) is 19.8 Å². The van der Waals surface area contributed by atoms with Crippen molar-refractivity contribution >= 4 is 16.9 Å². The number of nitrogens with zero attached hydrogens (tertiary/aromatic N) is 1. The molecule has 0 saturated carbocycles. The summed E-state index contributed by atoms with van der Waals surface area (Å²) in [6.45, 7) is 3.52. The summed E-state index contributed by atoms with van der Waals surface area (Å²) in [5.41, 5.74) is 2.24. The monoisotopic (exact) mass is 245 g/mol. The molecule has 1 aromatic heterocycles. The number of hydrogen-bond donors (Lipinski definition) is 1. The van der Waals surface area contributed by atoms with Gasteiger partial charge in [0.15, 0.2) is 0 Å². The topological polar surface area (TPSA) is 59.4 Å². The number of aryl methyl sites for hydroxylation is 1. The fraction of sp³-hybridized carbons (Fsp3) is 0.286. The van der Waals surface area contributed by atoms with Crippen LogP contribution in [0.3, 0.4) is 0 Å². The molecule has 2 rings (SSSR count). The molecule has 0 fully saturated rings. The van der Waals surface area contributed by atoms with E-state index in [-0.39, 0.29) is 0 Å². The number of methoxy groups -OCH3 is 1. The molecular formula is C14H15NO3. The van der Waals surface area contributed by atoms with Crippen LogP contribution < -0.4 is 4.74 Å². The quantitative estimate of drug-likeness (QED) is 0.903. The minimum atomic E-state index is -0.868. The number of aromatic nitrogens is 1. The van der Waals surface area contributed by atoms with Gasteiger partial charge in [-0.3, -0.25) is 9.78 Å². The molecule has 4 nitrogen and oxygen atoms in total. The number of pyridine rings is 1. The minimum Gasteiger partial charge on any atom is -0.497 e. The van der Waals surface area contributed by atoms with E-state index in [2.05, 4.69) is 4.98 Å². The first-order chi connectivity index (χ1) is 8.52. The SMILES string of the molecule is COc1ccc2cc(C)c(C(C)C(=O)O)nc2c1. The summed E-state index contributed by atoms with van der Waals surface area (Å²) in [7, 11) is 1.59. The van der Waals surface area contributed by atoms with Crippen LogP contribution in [0, 0.1) is 6.92 Å². The molecule has 1 atom stereocenters. The fourth-order valence-corrected chi connectivity index (χ4v) is 1.95. The van der Waals surface area contributed by atoms with Gasteiger partial charge in [-0.25, -0.2) is 0 Å². The highest BCUT2D eigenvalue weighted by Gasteiger charge is 2.18. The van der Waals surface area contributed by atoms with Gasteiger partial charge in [-0.05, 0) is 37.6 Å². The Bertz CT molecular complexity index is 607. The highest BCUT2D eigenvalue weighted by atomic mass is 16.5. The van der Waals surface area contributed by atoms with E-state index in [4.69, 9.17) is 9.84 Å². The molecule has 4 heteroatoms. The molecule has 2 aromatic rings. The average molecular weight is 245 g/mol. The minimum absolute atomic E-state index is 0.600. The number of fused-ring (bicyclic) bond motifs is 1. The van der Waals surface area contributed by atoms with Crippen molar-refractivity contribution in [2.75, 3.05) is 7.11 Å². The normalized spacial score (nSPS) is 12.4. The maximum Gasteiger partial charge on any atom is 0.312 e. The highest BCUT2D eigenvalue weighted by Crippen LogP contribution is 2.25. The number of ether oxygens (including phenoxy) is 1. The zero-order valence-electron chi connectivity index (χ0n) is 10.6. The molecule has 18 heavy (non-hydrogen) atoms. The fourth-order valence-electron chi connectivity index (χ4n) is 1.95. The van der Waals surface area contributed by atoms with Crippen molar-refractivity contribution in [2.24, 2.45) is 0 Å². The van der Waals surface area contributed by atoms with Crippen LogP contribution in [0.5, 0.6) is 5.75 Å². The third-order valence-corrected chi connectivity index (χ3v) is 3.04. The van der Waals surface area contributed by atoms with Gasteiger partial charge in [0.2, 0.25) is 0 Å². The molecule has 0 aliphatic heterocycles. The average Bonchev–Trinajstić information content (AvgIpc) is 2.36. The van der Waals surface area contributed by atoms with Crippen molar-refractivity contribution in [1.82, 2.24) is 4.98 Å². The van der Waals surface area contributed by atoms with E-state index in [1.165, 1.54) is 0 Å². The lowest BCUT2D eigenvalue weighted by Gasteiger charge is -2.11. The van der Waals surface area contributed by atoms with Crippen LogP contribution in [-0.4, -0.2) is 23.2 Å². The summed E-state index contributed by atoms with van der Waals surface area (Å²) < 4.78 is 5.14. The number of benzene rings is 1. The molecule has 1 aromatic carbocycles. The van der Waals surface area contributed by atoms with Crippen LogP contribution >= 0.6 is 0 Å². The second-order valence-electron chi connectivity index (χ2n) is 4.31. The van der Waals surface area contributed by atoms with Crippen molar-refractivity contribution in [3.05, 3.63) is 35.5 Å². The van der Waals surface area contributed by atoms with Gasteiger partial charge in [0.1, 0.15) is 5.75 Å². The zero-order chi connectivity index (χ0) is 13.3. The second-order valence-corrected chi connectivity index (χ2v) is 4.31. The lowest BCUT2D eigenvalue weighted by molar-refractivity contribution is -0.138. The summed E-state index contributed by atoms with van der Waals surface area (Å²) in [5.74, 6) is -0.763. The first kappa shape index (κ1) is 12.4. The molecule has 0 saturated heterocycles. The molecular weight excluding hydrogens is 230 g/mol. The van der Waals surface area contributed by atoms with Gasteiger partial charge >= 0.3 is 5.97 Å². The summed E-state index contributed by atoms with van der Waals surface area (Å²) in [4.78, 5) is 15.5. The summed E-state index contributed by atoms with van der Waals surface area (Å²) in [6, 6.07) is 7.55. The molecule has 1 N–H and O–H groups in total. The van der Waals surface area contributed by atoms with Crippen LogP contribution in [0.2, 0.25) is 0 Å². The Kier molecular flexibility index (Phi) is 3.19. The van der Waals surface area contributed by atoms with Gasteiger partial charge in [0, 0.05) is 11.5 Å². The van der Waals surface area contributed by atoms with Gasteiger partial charge in [-0.1, -0.05) is 0 Å². The van der Waals surface area contributed by atoms with Gasteiger partial charge < -0.3 is 9.84 Å². The van der Waals surface area contributed by atoms with Crippen LogP contribution in [-0.2, 0) is 4.79 Å². The van der Waals surface area contributed by atoms with E-state index in [9.17, 15) is 4.79 Å². The van der Waals surface area contributed by atoms with Crippen LogP contribution in [0.15, 0.2) is 24.3 Å². The Morgan fingerprint density at radius 1 is 1.39 bits per heavy atom. The smallest absolute Gasteiger partial charge is 0.312 e. The van der Waals surface area contributed by atoms with Crippen LogP contribution in [0.1, 0.15) is 24.1 Å². The van der Waals surface area contributed by atoms with E-state index in [0.717, 1.165) is 16.5 Å². The standard InChI is InChI=1S/C14H15NO3/c1-8-6-10-4-5-11(18-3)7-12(10)15-13(8)9(2)14(16)17/h4-7,9H,1-3H3,(H,16,17). The van der Waals surface area contributed by atoms with Crippen molar-refractivity contribution in [3.8, 4) is 5.75 Å². The molecule has 0 radical (unpaired) electrons. The van der Waals surface area contributed by atoms with E-state index in [0.29, 0.717) is 11.4 Å². The molecule has 0 bridgehead atoms. The van der Waals surface area contributed by atoms with Crippen molar-refractivity contribution < 1.29 is 14.6 Å². The van der Waals surface area contributed by atoms with E-state index in [1.54, 1.807) is 14.0 Å². The van der Waals surface area contributed by atoms with Crippen LogP contribution in [0.4, 0.5) is 0 Å². The predicted molar refractivity (Wildman–Crippen MR) is 69.1 cm³/mol. The predicted octanol–water partition coefficient (Wildman–Crippen LogP) is 2.74. The van der Waals surface area contributed by atoms with E-state index in [1.807, 2.05) is 31.2 Å².